The summed E-state index contributed by atoms with van der Waals surface area (Å²) in [4.78, 5) is 1.38. The minimum Gasteiger partial charge on any atom is -0.373 e. The Hall–Kier alpha value is -0.330. The molecule has 16 heavy (non-hydrogen) atoms. The van der Waals surface area contributed by atoms with Crippen LogP contribution in [-0.4, -0.2) is 48.5 Å². The number of alkyl halides is 3. The minimum atomic E-state index is -4.29. The second-order valence-electron chi connectivity index (χ2n) is 4.56. The number of halogens is 3. The Morgan fingerprint density at radius 2 is 1.69 bits per heavy atom. The third-order valence-electron chi connectivity index (χ3n) is 2.67. The van der Waals surface area contributed by atoms with Gasteiger partial charge in [0.25, 0.3) is 0 Å². The monoisotopic (exact) mass is 240 g/mol. The van der Waals surface area contributed by atoms with Crippen molar-refractivity contribution in [1.82, 2.24) is 4.90 Å². The van der Waals surface area contributed by atoms with Crippen molar-refractivity contribution < 1.29 is 17.9 Å². The van der Waals surface area contributed by atoms with Crippen LogP contribution in [0.15, 0.2) is 0 Å². The van der Waals surface area contributed by atoms with Crippen molar-refractivity contribution in [1.29, 1.82) is 0 Å². The zero-order chi connectivity index (χ0) is 12.5. The SMILES string of the molecule is C[C@@H]1CN([C@@H]([C@H](C)N)C(F)(F)F)C[C@H](C)O1. The molecule has 1 fully saturated rings. The summed E-state index contributed by atoms with van der Waals surface area (Å²) in [7, 11) is 0. The van der Waals surface area contributed by atoms with E-state index in [4.69, 9.17) is 10.5 Å². The first-order valence-electron chi connectivity index (χ1n) is 5.43. The van der Waals surface area contributed by atoms with Gasteiger partial charge in [0.1, 0.15) is 6.04 Å². The van der Waals surface area contributed by atoms with Crippen molar-refractivity contribution in [2.24, 2.45) is 5.73 Å². The molecule has 96 valence electrons. The number of rotatable bonds is 2. The van der Waals surface area contributed by atoms with Crippen LogP contribution < -0.4 is 5.73 Å². The van der Waals surface area contributed by atoms with Gasteiger partial charge in [-0.1, -0.05) is 0 Å². The van der Waals surface area contributed by atoms with Crippen molar-refractivity contribution in [2.75, 3.05) is 13.1 Å². The molecule has 0 saturated carbocycles. The molecule has 1 rings (SSSR count). The molecule has 0 amide bonds. The quantitative estimate of drug-likeness (QED) is 0.792. The highest BCUT2D eigenvalue weighted by molar-refractivity contribution is 4.89. The van der Waals surface area contributed by atoms with E-state index in [1.165, 1.54) is 11.8 Å². The van der Waals surface area contributed by atoms with Crippen LogP contribution in [0.1, 0.15) is 20.8 Å². The maximum atomic E-state index is 12.8. The van der Waals surface area contributed by atoms with Gasteiger partial charge in [0.05, 0.1) is 12.2 Å². The Morgan fingerprint density at radius 1 is 1.25 bits per heavy atom. The number of hydrogen-bond acceptors (Lipinski definition) is 3. The maximum absolute atomic E-state index is 12.8. The second-order valence-corrected chi connectivity index (χ2v) is 4.56. The summed E-state index contributed by atoms with van der Waals surface area (Å²) in [5.74, 6) is 0. The van der Waals surface area contributed by atoms with E-state index >= 15 is 0 Å². The van der Waals surface area contributed by atoms with Gasteiger partial charge in [-0.15, -0.1) is 0 Å². The number of hydrogen-bond donors (Lipinski definition) is 1. The summed E-state index contributed by atoms with van der Waals surface area (Å²) < 4.78 is 44.0. The van der Waals surface area contributed by atoms with E-state index in [2.05, 4.69) is 0 Å². The molecule has 1 heterocycles. The maximum Gasteiger partial charge on any atom is 0.405 e. The summed E-state index contributed by atoms with van der Waals surface area (Å²) in [5.41, 5.74) is 5.44. The summed E-state index contributed by atoms with van der Waals surface area (Å²) in [6.45, 7) is 5.49. The molecule has 6 heteroatoms. The normalized spacial score (nSPS) is 32.4. The highest BCUT2D eigenvalue weighted by Crippen LogP contribution is 2.28. The van der Waals surface area contributed by atoms with Crippen LogP contribution in [0, 0.1) is 0 Å². The molecule has 0 aliphatic carbocycles. The Morgan fingerprint density at radius 3 is 2.00 bits per heavy atom. The Kier molecular flexibility index (Phi) is 4.20. The molecule has 1 aliphatic rings. The van der Waals surface area contributed by atoms with E-state index in [1.54, 1.807) is 13.8 Å². The third-order valence-corrected chi connectivity index (χ3v) is 2.67. The van der Waals surface area contributed by atoms with E-state index in [0.29, 0.717) is 0 Å². The lowest BCUT2D eigenvalue weighted by molar-refractivity contribution is -0.206. The molecule has 0 spiro atoms. The van der Waals surface area contributed by atoms with Crippen molar-refractivity contribution >= 4 is 0 Å². The largest absolute Gasteiger partial charge is 0.405 e. The van der Waals surface area contributed by atoms with Gasteiger partial charge in [-0.25, -0.2) is 0 Å². The summed E-state index contributed by atoms with van der Waals surface area (Å²) in [5, 5.41) is 0. The van der Waals surface area contributed by atoms with Crippen LogP contribution in [0.2, 0.25) is 0 Å². The molecule has 0 unspecified atom stereocenters. The van der Waals surface area contributed by atoms with E-state index in [0.717, 1.165) is 0 Å². The van der Waals surface area contributed by atoms with Gasteiger partial charge in [0.2, 0.25) is 0 Å². The van der Waals surface area contributed by atoms with Crippen molar-refractivity contribution in [3.05, 3.63) is 0 Å². The van der Waals surface area contributed by atoms with Gasteiger partial charge in [-0.05, 0) is 20.8 Å². The number of nitrogens with two attached hydrogens (primary N) is 1. The fourth-order valence-electron chi connectivity index (χ4n) is 2.28. The Balaban J connectivity index is 2.78. The molecular formula is C10H19F3N2O. The van der Waals surface area contributed by atoms with Gasteiger partial charge in [0.15, 0.2) is 0 Å². The number of ether oxygens (including phenoxy) is 1. The number of morpholine rings is 1. The molecule has 0 aromatic carbocycles. The fourth-order valence-corrected chi connectivity index (χ4v) is 2.28. The van der Waals surface area contributed by atoms with Gasteiger partial charge in [-0.2, -0.15) is 13.2 Å². The highest BCUT2D eigenvalue weighted by atomic mass is 19.4. The molecule has 2 N–H and O–H groups in total. The summed E-state index contributed by atoms with van der Waals surface area (Å²) in [6, 6.07) is -2.52. The van der Waals surface area contributed by atoms with Crippen LogP contribution in [-0.2, 0) is 4.74 Å². The Bertz CT molecular complexity index is 223. The van der Waals surface area contributed by atoms with Crippen LogP contribution in [0.5, 0.6) is 0 Å². The third kappa shape index (κ3) is 3.33. The van der Waals surface area contributed by atoms with Crippen LogP contribution in [0.25, 0.3) is 0 Å². The predicted octanol–water partition coefficient (Wildman–Crippen LogP) is 1.37. The molecule has 4 atom stereocenters. The first kappa shape index (κ1) is 13.7. The zero-order valence-corrected chi connectivity index (χ0v) is 9.79. The predicted molar refractivity (Wildman–Crippen MR) is 55.1 cm³/mol. The first-order valence-corrected chi connectivity index (χ1v) is 5.43. The van der Waals surface area contributed by atoms with Crippen LogP contribution in [0.3, 0.4) is 0 Å². The molecule has 0 aromatic heterocycles. The zero-order valence-electron chi connectivity index (χ0n) is 9.79. The fraction of sp³-hybridized carbons (Fsp3) is 1.00. The van der Waals surface area contributed by atoms with Gasteiger partial charge < -0.3 is 10.5 Å². The molecule has 1 aliphatic heterocycles. The van der Waals surface area contributed by atoms with E-state index in [-0.39, 0.29) is 25.3 Å². The standard InChI is InChI=1S/C10H19F3N2O/c1-6-4-15(5-7(2)16-6)9(8(3)14)10(11,12)13/h6-9H,4-5,14H2,1-3H3/t6-,7+,8-,9-/m0/s1. The Labute approximate surface area is 93.7 Å². The molecule has 0 radical (unpaired) electrons. The molecule has 0 aromatic rings. The van der Waals surface area contributed by atoms with Crippen LogP contribution >= 0.6 is 0 Å². The van der Waals surface area contributed by atoms with E-state index in [1.807, 2.05) is 0 Å². The van der Waals surface area contributed by atoms with E-state index in [9.17, 15) is 13.2 Å². The second kappa shape index (κ2) is 4.89. The van der Waals surface area contributed by atoms with Gasteiger partial charge >= 0.3 is 6.18 Å². The van der Waals surface area contributed by atoms with Crippen LogP contribution in [0.4, 0.5) is 13.2 Å². The molecular weight excluding hydrogens is 221 g/mol. The lowest BCUT2D eigenvalue weighted by Crippen LogP contribution is -2.60. The molecule has 3 nitrogen and oxygen atoms in total. The molecule has 0 bridgehead atoms. The highest BCUT2D eigenvalue weighted by Gasteiger charge is 2.47. The van der Waals surface area contributed by atoms with Gasteiger partial charge in [-0.3, -0.25) is 4.90 Å². The lowest BCUT2D eigenvalue weighted by Gasteiger charge is -2.42. The summed E-state index contributed by atoms with van der Waals surface area (Å²) >= 11 is 0. The van der Waals surface area contributed by atoms with E-state index < -0.39 is 18.3 Å². The molecule has 1 saturated heterocycles. The number of nitrogens with zero attached hydrogens (tertiary/aromatic N) is 1. The van der Waals surface area contributed by atoms with Crippen molar-refractivity contribution in [2.45, 2.75) is 51.2 Å². The summed E-state index contributed by atoms with van der Waals surface area (Å²) in [6.07, 6.45) is -4.66. The lowest BCUT2D eigenvalue weighted by atomic mass is 10.1. The van der Waals surface area contributed by atoms with Crippen molar-refractivity contribution in [3.8, 4) is 0 Å². The van der Waals surface area contributed by atoms with Crippen molar-refractivity contribution in [3.63, 3.8) is 0 Å². The first-order chi connectivity index (χ1) is 7.21. The minimum absolute atomic E-state index is 0.188. The average Bonchev–Trinajstić information content (AvgIpc) is 1.96. The smallest absolute Gasteiger partial charge is 0.373 e. The van der Waals surface area contributed by atoms with Gasteiger partial charge in [0, 0.05) is 19.1 Å². The topological polar surface area (TPSA) is 38.5 Å². The average molecular weight is 240 g/mol.